The topological polar surface area (TPSA) is 17.1 Å². The number of halogens is 1. The molecular weight excluding hydrogens is 296 g/mol. The second-order valence-electron chi connectivity index (χ2n) is 3.89. The summed E-state index contributed by atoms with van der Waals surface area (Å²) in [7, 11) is 0. The van der Waals surface area contributed by atoms with E-state index in [0.717, 1.165) is 26.2 Å². The average molecular weight is 309 g/mol. The zero-order valence-corrected chi connectivity index (χ0v) is 12.2. The van der Waals surface area contributed by atoms with Gasteiger partial charge in [0.25, 0.3) is 0 Å². The molecule has 0 fully saturated rings. The van der Waals surface area contributed by atoms with Crippen molar-refractivity contribution in [3.63, 3.8) is 0 Å². The summed E-state index contributed by atoms with van der Waals surface area (Å²) in [5.41, 5.74) is 2.01. The normalized spacial score (nSPS) is 10.5. The number of carbonyl (C=O) groups is 1. The smallest absolute Gasteiger partial charge is 0.202 e. The lowest BCUT2D eigenvalue weighted by molar-refractivity contribution is 0.104. The quantitative estimate of drug-likeness (QED) is 0.757. The van der Waals surface area contributed by atoms with Gasteiger partial charge >= 0.3 is 0 Å². The molecule has 1 heterocycles. The van der Waals surface area contributed by atoms with Crippen molar-refractivity contribution in [3.05, 3.63) is 55.7 Å². The predicted molar refractivity (Wildman–Crippen MR) is 76.0 cm³/mol. The Labute approximate surface area is 114 Å². The van der Waals surface area contributed by atoms with Crippen LogP contribution in [0.2, 0.25) is 0 Å². The molecule has 17 heavy (non-hydrogen) atoms. The van der Waals surface area contributed by atoms with Gasteiger partial charge in [0.15, 0.2) is 0 Å². The van der Waals surface area contributed by atoms with Crippen LogP contribution in [0.25, 0.3) is 0 Å². The van der Waals surface area contributed by atoms with Gasteiger partial charge in [-0.05, 0) is 40.9 Å². The summed E-state index contributed by atoms with van der Waals surface area (Å²) in [6.07, 6.45) is 0.998. The van der Waals surface area contributed by atoms with E-state index in [1.807, 2.05) is 37.3 Å². The first-order valence-electron chi connectivity index (χ1n) is 5.51. The molecular formula is C14H13BrOS. The largest absolute Gasteiger partial charge is 0.288 e. The fourth-order valence-electron chi connectivity index (χ4n) is 1.61. The highest BCUT2D eigenvalue weighted by atomic mass is 79.9. The standard InChI is InChI=1S/C14H13BrOS/c1-3-10-4-6-11(7-5-10)14(16)13-8-12(15)9(2)17-13/h4-8H,3H2,1-2H3. The monoisotopic (exact) mass is 308 g/mol. The van der Waals surface area contributed by atoms with Gasteiger partial charge in [-0.2, -0.15) is 0 Å². The Morgan fingerprint density at radius 1 is 1.29 bits per heavy atom. The average Bonchev–Trinajstić information content (AvgIpc) is 2.69. The van der Waals surface area contributed by atoms with Gasteiger partial charge in [-0.15, -0.1) is 11.3 Å². The zero-order valence-electron chi connectivity index (χ0n) is 9.79. The van der Waals surface area contributed by atoms with Crippen molar-refractivity contribution in [2.45, 2.75) is 20.3 Å². The Balaban J connectivity index is 2.30. The van der Waals surface area contributed by atoms with Crippen molar-refractivity contribution in [1.29, 1.82) is 0 Å². The molecule has 0 bridgehead atoms. The second-order valence-corrected chi connectivity index (χ2v) is 6.01. The van der Waals surface area contributed by atoms with Gasteiger partial charge in [0, 0.05) is 14.9 Å². The van der Waals surface area contributed by atoms with Crippen molar-refractivity contribution < 1.29 is 4.79 Å². The third-order valence-corrected chi connectivity index (χ3v) is 4.84. The fourth-order valence-corrected chi connectivity index (χ4v) is 3.10. The Hall–Kier alpha value is -0.930. The van der Waals surface area contributed by atoms with Crippen molar-refractivity contribution >= 4 is 33.0 Å². The number of rotatable bonds is 3. The SMILES string of the molecule is CCc1ccc(C(=O)c2cc(Br)c(C)s2)cc1. The van der Waals surface area contributed by atoms with Gasteiger partial charge in [0.05, 0.1) is 4.88 Å². The van der Waals surface area contributed by atoms with Crippen LogP contribution in [0.5, 0.6) is 0 Å². The second kappa shape index (κ2) is 5.15. The minimum atomic E-state index is 0.103. The third kappa shape index (κ3) is 2.67. The molecule has 1 aromatic heterocycles. The first-order chi connectivity index (χ1) is 8.11. The van der Waals surface area contributed by atoms with Gasteiger partial charge in [0.1, 0.15) is 0 Å². The summed E-state index contributed by atoms with van der Waals surface area (Å²) in [5.74, 6) is 0.103. The minimum Gasteiger partial charge on any atom is -0.288 e. The van der Waals surface area contributed by atoms with Gasteiger partial charge < -0.3 is 0 Å². The molecule has 1 aromatic carbocycles. The summed E-state index contributed by atoms with van der Waals surface area (Å²) in [4.78, 5) is 14.1. The Morgan fingerprint density at radius 2 is 1.94 bits per heavy atom. The van der Waals surface area contributed by atoms with Crippen molar-refractivity contribution in [1.82, 2.24) is 0 Å². The predicted octanol–water partition coefficient (Wildman–Crippen LogP) is 4.61. The van der Waals surface area contributed by atoms with Crippen LogP contribution in [0.1, 0.15) is 32.6 Å². The molecule has 2 rings (SSSR count). The van der Waals surface area contributed by atoms with Crippen LogP contribution in [0, 0.1) is 6.92 Å². The third-order valence-electron chi connectivity index (χ3n) is 2.71. The summed E-state index contributed by atoms with van der Waals surface area (Å²) in [6, 6.07) is 9.75. The van der Waals surface area contributed by atoms with E-state index in [-0.39, 0.29) is 5.78 Å². The number of hydrogen-bond donors (Lipinski definition) is 0. The first kappa shape index (κ1) is 12.5. The molecule has 0 unspecified atom stereocenters. The van der Waals surface area contributed by atoms with Gasteiger partial charge in [-0.25, -0.2) is 0 Å². The Bertz CT molecular complexity index is 520. The highest BCUT2D eigenvalue weighted by molar-refractivity contribution is 9.10. The van der Waals surface area contributed by atoms with Crippen molar-refractivity contribution in [2.75, 3.05) is 0 Å². The van der Waals surface area contributed by atoms with E-state index < -0.39 is 0 Å². The lowest BCUT2D eigenvalue weighted by Gasteiger charge is -2.00. The van der Waals surface area contributed by atoms with E-state index in [4.69, 9.17) is 0 Å². The zero-order chi connectivity index (χ0) is 12.4. The highest BCUT2D eigenvalue weighted by Crippen LogP contribution is 2.28. The molecule has 0 aliphatic rings. The molecule has 0 saturated heterocycles. The Kier molecular flexibility index (Phi) is 3.79. The molecule has 88 valence electrons. The van der Waals surface area contributed by atoms with E-state index in [0.29, 0.717) is 0 Å². The van der Waals surface area contributed by atoms with Crippen molar-refractivity contribution in [3.8, 4) is 0 Å². The molecule has 0 aliphatic carbocycles. The van der Waals surface area contributed by atoms with E-state index in [1.165, 1.54) is 16.9 Å². The van der Waals surface area contributed by atoms with Crippen LogP contribution >= 0.6 is 27.3 Å². The lowest BCUT2D eigenvalue weighted by atomic mass is 10.1. The summed E-state index contributed by atoms with van der Waals surface area (Å²) < 4.78 is 1.01. The summed E-state index contributed by atoms with van der Waals surface area (Å²) in [5, 5.41) is 0. The van der Waals surface area contributed by atoms with E-state index in [9.17, 15) is 4.79 Å². The number of thiophene rings is 1. The molecule has 3 heteroatoms. The Morgan fingerprint density at radius 3 is 2.41 bits per heavy atom. The molecule has 0 radical (unpaired) electrons. The van der Waals surface area contributed by atoms with Crippen LogP contribution in [0.4, 0.5) is 0 Å². The van der Waals surface area contributed by atoms with E-state index in [1.54, 1.807) is 0 Å². The highest BCUT2D eigenvalue weighted by Gasteiger charge is 2.13. The molecule has 0 spiro atoms. The number of hydrogen-bond acceptors (Lipinski definition) is 2. The number of benzene rings is 1. The first-order valence-corrected chi connectivity index (χ1v) is 7.12. The van der Waals surface area contributed by atoms with Crippen LogP contribution in [0.15, 0.2) is 34.8 Å². The van der Waals surface area contributed by atoms with Gasteiger partial charge in [-0.1, -0.05) is 31.2 Å². The van der Waals surface area contributed by atoms with Gasteiger partial charge in [-0.3, -0.25) is 4.79 Å². The van der Waals surface area contributed by atoms with Crippen LogP contribution in [-0.4, -0.2) is 5.78 Å². The van der Waals surface area contributed by atoms with E-state index >= 15 is 0 Å². The molecule has 0 aliphatic heterocycles. The van der Waals surface area contributed by atoms with E-state index in [2.05, 4.69) is 22.9 Å². The molecule has 0 atom stereocenters. The summed E-state index contributed by atoms with van der Waals surface area (Å²) >= 11 is 4.97. The van der Waals surface area contributed by atoms with Crippen molar-refractivity contribution in [2.24, 2.45) is 0 Å². The number of aryl methyl sites for hydroxylation is 2. The number of ketones is 1. The maximum atomic E-state index is 12.2. The lowest BCUT2D eigenvalue weighted by Crippen LogP contribution is -1.98. The van der Waals surface area contributed by atoms with Crippen LogP contribution < -0.4 is 0 Å². The van der Waals surface area contributed by atoms with Gasteiger partial charge in [0.2, 0.25) is 5.78 Å². The maximum absolute atomic E-state index is 12.2. The molecule has 1 nitrogen and oxygen atoms in total. The van der Waals surface area contributed by atoms with Crippen LogP contribution in [0.3, 0.4) is 0 Å². The molecule has 0 saturated carbocycles. The molecule has 0 amide bonds. The molecule has 0 N–H and O–H groups in total. The minimum absolute atomic E-state index is 0.103. The summed E-state index contributed by atoms with van der Waals surface area (Å²) in [6.45, 7) is 4.11. The fraction of sp³-hybridized carbons (Fsp3) is 0.214. The molecule has 2 aromatic rings. The van der Waals surface area contributed by atoms with Crippen LogP contribution in [-0.2, 0) is 6.42 Å². The number of carbonyl (C=O) groups excluding carboxylic acids is 1. The maximum Gasteiger partial charge on any atom is 0.202 e.